The largest absolute Gasteiger partial charge is 0.495 e. The third kappa shape index (κ3) is 4.79. The molecule has 1 N–H and O–H groups in total. The average molecular weight is 390 g/mol. The van der Waals surface area contributed by atoms with Gasteiger partial charge >= 0.3 is 12.1 Å². The van der Waals surface area contributed by atoms with Crippen molar-refractivity contribution in [3.8, 4) is 5.75 Å². The summed E-state index contributed by atoms with van der Waals surface area (Å²) < 4.78 is 10.5. The van der Waals surface area contributed by atoms with E-state index < -0.39 is 0 Å². The zero-order chi connectivity index (χ0) is 19.9. The number of nitrogens with zero attached hydrogens (tertiary/aromatic N) is 3. The molecule has 3 rings (SSSR count). The van der Waals surface area contributed by atoms with Crippen LogP contribution in [0.25, 0.3) is 0 Å². The van der Waals surface area contributed by atoms with Gasteiger partial charge in [-0.15, -0.1) is 0 Å². The molecule has 8 nitrogen and oxygen atoms in total. The molecule has 0 unspecified atom stereocenters. The number of amides is 3. The minimum atomic E-state index is -0.264. The van der Waals surface area contributed by atoms with Crippen LogP contribution in [0.15, 0.2) is 24.3 Å². The lowest BCUT2D eigenvalue weighted by atomic mass is 10.1. The minimum Gasteiger partial charge on any atom is -0.495 e. The van der Waals surface area contributed by atoms with Gasteiger partial charge in [-0.2, -0.15) is 0 Å². The topological polar surface area (TPSA) is 74.4 Å². The molecule has 0 spiro atoms. The standard InChI is InChI=1S/C20H30N4O4/c1-3-28-20(26)24-10-8-16(9-11-24)21-19(25)23-14-12-22(13-15-23)17-6-4-5-7-18(17)27-2/h4-7,16H,3,8-15H2,1-2H3,(H,21,25). The molecule has 8 heteroatoms. The summed E-state index contributed by atoms with van der Waals surface area (Å²) in [6.45, 7) is 6.31. The van der Waals surface area contributed by atoms with Crippen molar-refractivity contribution >= 4 is 17.8 Å². The molecule has 2 aliphatic rings. The summed E-state index contributed by atoms with van der Waals surface area (Å²) in [5, 5.41) is 3.12. The van der Waals surface area contributed by atoms with Crippen molar-refractivity contribution < 1.29 is 19.1 Å². The Labute approximate surface area is 166 Å². The molecule has 0 saturated carbocycles. The number of carbonyl (C=O) groups is 2. The van der Waals surface area contributed by atoms with Crippen LogP contribution < -0.4 is 15.0 Å². The van der Waals surface area contributed by atoms with E-state index in [1.165, 1.54) is 0 Å². The summed E-state index contributed by atoms with van der Waals surface area (Å²) in [5.74, 6) is 0.855. The Morgan fingerprint density at radius 1 is 1.04 bits per heavy atom. The number of ether oxygens (including phenoxy) is 2. The predicted octanol–water partition coefficient (Wildman–Crippen LogP) is 2.15. The van der Waals surface area contributed by atoms with Gasteiger partial charge in [-0.25, -0.2) is 9.59 Å². The molecular formula is C20H30N4O4. The highest BCUT2D eigenvalue weighted by Crippen LogP contribution is 2.28. The van der Waals surface area contributed by atoms with Crippen molar-refractivity contribution in [3.63, 3.8) is 0 Å². The van der Waals surface area contributed by atoms with E-state index in [1.807, 2.05) is 29.2 Å². The lowest BCUT2D eigenvalue weighted by molar-refractivity contribution is 0.0950. The van der Waals surface area contributed by atoms with Crippen LogP contribution >= 0.6 is 0 Å². The van der Waals surface area contributed by atoms with Crippen molar-refractivity contribution in [1.29, 1.82) is 0 Å². The first kappa shape index (κ1) is 20.1. The second-order valence-corrected chi connectivity index (χ2v) is 7.06. The van der Waals surface area contributed by atoms with Gasteiger partial charge in [0.15, 0.2) is 0 Å². The highest BCUT2D eigenvalue weighted by atomic mass is 16.6. The van der Waals surface area contributed by atoms with Crippen molar-refractivity contribution in [2.45, 2.75) is 25.8 Å². The van der Waals surface area contributed by atoms with E-state index in [0.29, 0.717) is 32.8 Å². The molecule has 2 aliphatic heterocycles. The minimum absolute atomic E-state index is 0.0192. The normalized spacial score (nSPS) is 18.0. The van der Waals surface area contributed by atoms with Crippen LogP contribution in [0, 0.1) is 0 Å². The summed E-state index contributed by atoms with van der Waals surface area (Å²) in [6.07, 6.45) is 1.25. The van der Waals surface area contributed by atoms with E-state index >= 15 is 0 Å². The second kappa shape index (κ2) is 9.52. The number of piperidine rings is 1. The molecule has 0 atom stereocenters. The Morgan fingerprint density at radius 2 is 1.71 bits per heavy atom. The monoisotopic (exact) mass is 390 g/mol. The Hall–Kier alpha value is -2.64. The van der Waals surface area contributed by atoms with Gasteiger partial charge in [-0.05, 0) is 31.9 Å². The van der Waals surface area contributed by atoms with Crippen LogP contribution in [0.1, 0.15) is 19.8 Å². The molecule has 2 saturated heterocycles. The maximum absolute atomic E-state index is 12.6. The fraction of sp³-hybridized carbons (Fsp3) is 0.600. The van der Waals surface area contributed by atoms with Crippen LogP contribution in [-0.4, -0.2) is 81.0 Å². The lowest BCUT2D eigenvalue weighted by Gasteiger charge is -2.38. The van der Waals surface area contributed by atoms with Gasteiger partial charge in [0.25, 0.3) is 0 Å². The third-order valence-electron chi connectivity index (χ3n) is 5.34. The quantitative estimate of drug-likeness (QED) is 0.853. The van der Waals surface area contributed by atoms with Gasteiger partial charge in [-0.1, -0.05) is 12.1 Å². The third-order valence-corrected chi connectivity index (χ3v) is 5.34. The number of hydrogen-bond acceptors (Lipinski definition) is 5. The Bertz CT molecular complexity index is 668. The van der Waals surface area contributed by atoms with Gasteiger partial charge in [0.1, 0.15) is 5.75 Å². The molecule has 3 amide bonds. The van der Waals surface area contributed by atoms with Crippen molar-refractivity contribution in [2.24, 2.45) is 0 Å². The number of methoxy groups -OCH3 is 1. The number of para-hydroxylation sites is 2. The van der Waals surface area contributed by atoms with E-state index in [4.69, 9.17) is 9.47 Å². The predicted molar refractivity (Wildman–Crippen MR) is 107 cm³/mol. The molecule has 1 aromatic carbocycles. The summed E-state index contributed by atoms with van der Waals surface area (Å²) in [5.41, 5.74) is 1.07. The maximum atomic E-state index is 12.6. The fourth-order valence-electron chi connectivity index (χ4n) is 3.73. The van der Waals surface area contributed by atoms with Gasteiger partial charge in [-0.3, -0.25) is 0 Å². The maximum Gasteiger partial charge on any atom is 0.409 e. The Balaban J connectivity index is 1.44. The number of piperazine rings is 1. The van der Waals surface area contributed by atoms with Crippen LogP contribution in [0.4, 0.5) is 15.3 Å². The zero-order valence-corrected chi connectivity index (χ0v) is 16.7. The first-order valence-corrected chi connectivity index (χ1v) is 9.97. The first-order chi connectivity index (χ1) is 13.6. The highest BCUT2D eigenvalue weighted by molar-refractivity contribution is 5.75. The van der Waals surface area contributed by atoms with E-state index in [-0.39, 0.29) is 18.2 Å². The number of hydrogen-bond donors (Lipinski definition) is 1. The van der Waals surface area contributed by atoms with Gasteiger partial charge < -0.3 is 29.5 Å². The smallest absolute Gasteiger partial charge is 0.409 e. The van der Waals surface area contributed by atoms with Crippen molar-refractivity contribution in [2.75, 3.05) is 57.9 Å². The van der Waals surface area contributed by atoms with Crippen molar-refractivity contribution in [1.82, 2.24) is 15.1 Å². The lowest BCUT2D eigenvalue weighted by Crippen LogP contribution is -2.55. The molecule has 0 bridgehead atoms. The molecule has 154 valence electrons. The van der Waals surface area contributed by atoms with Crippen LogP contribution in [0.5, 0.6) is 5.75 Å². The van der Waals surface area contributed by atoms with Crippen LogP contribution in [0.3, 0.4) is 0 Å². The number of anilines is 1. The van der Waals surface area contributed by atoms with Crippen LogP contribution in [0.2, 0.25) is 0 Å². The molecular weight excluding hydrogens is 360 g/mol. The first-order valence-electron chi connectivity index (χ1n) is 9.97. The number of urea groups is 1. The molecule has 2 fully saturated rings. The van der Waals surface area contributed by atoms with Gasteiger partial charge in [0, 0.05) is 45.3 Å². The summed E-state index contributed by atoms with van der Waals surface area (Å²) in [4.78, 5) is 30.2. The number of rotatable bonds is 4. The zero-order valence-electron chi connectivity index (χ0n) is 16.7. The number of carbonyl (C=O) groups excluding carboxylic acids is 2. The molecule has 2 heterocycles. The Kier molecular flexibility index (Phi) is 6.84. The fourth-order valence-corrected chi connectivity index (χ4v) is 3.73. The van der Waals surface area contributed by atoms with Gasteiger partial charge in [0.05, 0.1) is 19.4 Å². The highest BCUT2D eigenvalue weighted by Gasteiger charge is 2.27. The average Bonchev–Trinajstić information content (AvgIpc) is 2.74. The van der Waals surface area contributed by atoms with E-state index in [0.717, 1.165) is 37.4 Å². The number of likely N-dealkylation sites (tertiary alicyclic amines) is 1. The molecule has 1 aromatic rings. The van der Waals surface area contributed by atoms with Crippen molar-refractivity contribution in [3.05, 3.63) is 24.3 Å². The summed E-state index contributed by atoms with van der Waals surface area (Å²) in [6, 6.07) is 8.04. The summed E-state index contributed by atoms with van der Waals surface area (Å²) in [7, 11) is 1.68. The van der Waals surface area contributed by atoms with E-state index in [1.54, 1.807) is 18.9 Å². The van der Waals surface area contributed by atoms with E-state index in [2.05, 4.69) is 10.2 Å². The Morgan fingerprint density at radius 3 is 2.36 bits per heavy atom. The number of nitrogens with one attached hydrogen (secondary N) is 1. The number of benzene rings is 1. The molecule has 0 aliphatic carbocycles. The molecule has 28 heavy (non-hydrogen) atoms. The molecule has 0 radical (unpaired) electrons. The SMILES string of the molecule is CCOC(=O)N1CCC(NC(=O)N2CCN(c3ccccc3OC)CC2)CC1. The van der Waals surface area contributed by atoms with E-state index in [9.17, 15) is 9.59 Å². The van der Waals surface area contributed by atoms with Gasteiger partial charge in [0.2, 0.25) is 0 Å². The molecule has 0 aromatic heterocycles. The van der Waals surface area contributed by atoms with Crippen LogP contribution in [-0.2, 0) is 4.74 Å². The second-order valence-electron chi connectivity index (χ2n) is 7.06. The summed E-state index contributed by atoms with van der Waals surface area (Å²) >= 11 is 0.